The van der Waals surface area contributed by atoms with E-state index in [0.29, 0.717) is 4.90 Å². The smallest absolute Gasteiger partial charge is 0.241 e. The summed E-state index contributed by atoms with van der Waals surface area (Å²) in [7, 11) is -3.54. The lowest BCUT2D eigenvalue weighted by molar-refractivity contribution is 0.0337. The summed E-state index contributed by atoms with van der Waals surface area (Å²) in [5, 5.41) is 2.77. The van der Waals surface area contributed by atoms with Crippen molar-refractivity contribution in [3.05, 3.63) is 45.4 Å². The highest BCUT2D eigenvalue weighted by molar-refractivity contribution is 7.89. The highest BCUT2D eigenvalue weighted by atomic mass is 32.2. The van der Waals surface area contributed by atoms with Crippen LogP contribution in [0.1, 0.15) is 21.8 Å². The molecule has 0 spiro atoms. The number of hydrogen-bond acceptors (Lipinski definition) is 6. The Kier molecular flexibility index (Phi) is 5.85. The molecule has 1 aromatic heterocycles. The Labute approximate surface area is 152 Å². The van der Waals surface area contributed by atoms with Gasteiger partial charge in [0, 0.05) is 25.0 Å². The van der Waals surface area contributed by atoms with Crippen molar-refractivity contribution in [1.29, 1.82) is 0 Å². The topological polar surface area (TPSA) is 71.5 Å². The van der Waals surface area contributed by atoms with Crippen LogP contribution in [0, 0.1) is 13.8 Å². The summed E-state index contributed by atoms with van der Waals surface area (Å²) >= 11 is 1.49. The zero-order chi connectivity index (χ0) is 17.9. The largest absolute Gasteiger partial charge is 0.379 e. The van der Waals surface area contributed by atoms with Gasteiger partial charge < -0.3 is 4.74 Å². The van der Waals surface area contributed by atoms with E-state index in [2.05, 4.69) is 14.6 Å². The van der Waals surface area contributed by atoms with Gasteiger partial charge in [-0.05, 0) is 31.0 Å². The minimum atomic E-state index is -3.54. The Morgan fingerprint density at radius 3 is 2.80 bits per heavy atom. The van der Waals surface area contributed by atoms with E-state index in [0.717, 1.165) is 54.7 Å². The van der Waals surface area contributed by atoms with E-state index >= 15 is 0 Å². The van der Waals surface area contributed by atoms with Crippen LogP contribution in [0.2, 0.25) is 0 Å². The lowest BCUT2D eigenvalue weighted by atomic mass is 10.2. The van der Waals surface area contributed by atoms with Gasteiger partial charge in [0.05, 0.1) is 30.3 Å². The Balaban J connectivity index is 1.62. The van der Waals surface area contributed by atoms with Crippen molar-refractivity contribution >= 4 is 21.4 Å². The molecule has 1 aromatic carbocycles. The third-order valence-electron chi connectivity index (χ3n) is 4.14. The number of ether oxygens (including phenoxy) is 1. The van der Waals surface area contributed by atoms with E-state index in [1.54, 1.807) is 13.0 Å². The van der Waals surface area contributed by atoms with Crippen LogP contribution in [-0.4, -0.2) is 44.6 Å². The molecule has 25 heavy (non-hydrogen) atoms. The van der Waals surface area contributed by atoms with Gasteiger partial charge in [-0.15, -0.1) is 11.3 Å². The number of aryl methyl sites for hydroxylation is 2. The minimum absolute atomic E-state index is 0.212. The molecule has 0 amide bonds. The number of rotatable bonds is 6. The van der Waals surface area contributed by atoms with Crippen molar-refractivity contribution < 1.29 is 13.2 Å². The SMILES string of the molecule is Cc1ccc(C)c(S(=O)(=O)NCc2nc(CN3CCOCC3)cs2)c1. The average Bonchev–Trinajstić information content (AvgIpc) is 3.04. The number of morpholine rings is 1. The van der Waals surface area contributed by atoms with Gasteiger partial charge in [0.15, 0.2) is 0 Å². The lowest BCUT2D eigenvalue weighted by Crippen LogP contribution is -2.35. The molecular formula is C17H23N3O3S2. The number of nitrogens with zero attached hydrogens (tertiary/aromatic N) is 2. The number of thiazole rings is 1. The van der Waals surface area contributed by atoms with Crippen LogP contribution in [-0.2, 0) is 27.8 Å². The molecule has 0 atom stereocenters. The fourth-order valence-corrected chi connectivity index (χ4v) is 4.85. The van der Waals surface area contributed by atoms with E-state index in [1.165, 1.54) is 11.3 Å². The van der Waals surface area contributed by atoms with E-state index in [1.807, 2.05) is 24.4 Å². The van der Waals surface area contributed by atoms with Crippen molar-refractivity contribution in [1.82, 2.24) is 14.6 Å². The fraction of sp³-hybridized carbons (Fsp3) is 0.471. The van der Waals surface area contributed by atoms with Crippen molar-refractivity contribution in [3.63, 3.8) is 0 Å². The van der Waals surface area contributed by atoms with Crippen molar-refractivity contribution in [2.45, 2.75) is 31.8 Å². The van der Waals surface area contributed by atoms with Gasteiger partial charge in [0.25, 0.3) is 0 Å². The van der Waals surface area contributed by atoms with Crippen LogP contribution >= 0.6 is 11.3 Å². The van der Waals surface area contributed by atoms with Gasteiger partial charge in [0.2, 0.25) is 10.0 Å². The quantitative estimate of drug-likeness (QED) is 0.829. The van der Waals surface area contributed by atoms with Gasteiger partial charge in [-0.25, -0.2) is 18.1 Å². The maximum absolute atomic E-state index is 12.5. The zero-order valence-corrected chi connectivity index (χ0v) is 16.1. The van der Waals surface area contributed by atoms with Crippen LogP contribution in [0.4, 0.5) is 0 Å². The third-order valence-corrected chi connectivity index (χ3v) is 6.58. The van der Waals surface area contributed by atoms with Crippen molar-refractivity contribution in [2.24, 2.45) is 0 Å². The number of sulfonamides is 1. The van der Waals surface area contributed by atoms with Crippen LogP contribution < -0.4 is 4.72 Å². The predicted octanol–water partition coefficient (Wildman–Crippen LogP) is 2.07. The highest BCUT2D eigenvalue weighted by Gasteiger charge is 2.18. The molecule has 2 heterocycles. The molecule has 0 aliphatic carbocycles. The van der Waals surface area contributed by atoms with Crippen LogP contribution in [0.15, 0.2) is 28.5 Å². The molecule has 0 radical (unpaired) electrons. The first-order chi connectivity index (χ1) is 11.9. The molecule has 0 unspecified atom stereocenters. The van der Waals surface area contributed by atoms with Gasteiger partial charge in [-0.2, -0.15) is 0 Å². The summed E-state index contributed by atoms with van der Waals surface area (Å²) in [5.41, 5.74) is 2.64. The molecule has 2 aromatic rings. The summed E-state index contributed by atoms with van der Waals surface area (Å²) in [4.78, 5) is 7.18. The maximum Gasteiger partial charge on any atom is 0.241 e. The molecule has 0 bridgehead atoms. The zero-order valence-electron chi connectivity index (χ0n) is 14.5. The average molecular weight is 382 g/mol. The predicted molar refractivity (Wildman–Crippen MR) is 98.2 cm³/mol. The van der Waals surface area contributed by atoms with Crippen LogP contribution in [0.5, 0.6) is 0 Å². The molecule has 6 nitrogen and oxygen atoms in total. The second-order valence-corrected chi connectivity index (χ2v) is 8.89. The first-order valence-electron chi connectivity index (χ1n) is 8.24. The van der Waals surface area contributed by atoms with E-state index in [4.69, 9.17) is 4.74 Å². The fourth-order valence-electron chi connectivity index (χ4n) is 2.72. The summed E-state index contributed by atoms with van der Waals surface area (Å²) in [6.07, 6.45) is 0. The third kappa shape index (κ3) is 4.86. The van der Waals surface area contributed by atoms with E-state index < -0.39 is 10.0 Å². The van der Waals surface area contributed by atoms with Crippen molar-refractivity contribution in [3.8, 4) is 0 Å². The lowest BCUT2D eigenvalue weighted by Gasteiger charge is -2.25. The number of aromatic nitrogens is 1. The summed E-state index contributed by atoms with van der Waals surface area (Å²) in [5.74, 6) is 0. The summed E-state index contributed by atoms with van der Waals surface area (Å²) in [6, 6.07) is 5.43. The van der Waals surface area contributed by atoms with Gasteiger partial charge in [0.1, 0.15) is 5.01 Å². The second-order valence-electron chi connectivity index (χ2n) is 6.21. The maximum atomic E-state index is 12.5. The molecule has 1 saturated heterocycles. The molecular weight excluding hydrogens is 358 g/mol. The van der Waals surface area contributed by atoms with Crippen LogP contribution in [0.25, 0.3) is 0 Å². The molecule has 1 N–H and O–H groups in total. The summed E-state index contributed by atoms with van der Waals surface area (Å²) in [6.45, 7) is 8.01. The molecule has 1 aliphatic rings. The summed E-state index contributed by atoms with van der Waals surface area (Å²) < 4.78 is 33.1. The van der Waals surface area contributed by atoms with Crippen molar-refractivity contribution in [2.75, 3.05) is 26.3 Å². The number of nitrogens with one attached hydrogen (secondary N) is 1. The van der Waals surface area contributed by atoms with E-state index in [9.17, 15) is 8.42 Å². The standard InChI is InChI=1S/C17H23N3O3S2/c1-13-3-4-14(2)16(9-13)25(21,22)18-10-17-19-15(12-24-17)11-20-5-7-23-8-6-20/h3-4,9,12,18H,5-8,10-11H2,1-2H3. The molecule has 0 saturated carbocycles. The highest BCUT2D eigenvalue weighted by Crippen LogP contribution is 2.18. The van der Waals surface area contributed by atoms with E-state index in [-0.39, 0.29) is 6.54 Å². The Morgan fingerprint density at radius 1 is 1.28 bits per heavy atom. The van der Waals surface area contributed by atoms with Gasteiger partial charge >= 0.3 is 0 Å². The minimum Gasteiger partial charge on any atom is -0.379 e. The Morgan fingerprint density at radius 2 is 2.04 bits per heavy atom. The number of benzene rings is 1. The molecule has 136 valence electrons. The first kappa shape index (κ1) is 18.5. The Hall–Kier alpha value is -1.32. The number of hydrogen-bond donors (Lipinski definition) is 1. The van der Waals surface area contributed by atoms with Crippen LogP contribution in [0.3, 0.4) is 0 Å². The van der Waals surface area contributed by atoms with Gasteiger partial charge in [-0.3, -0.25) is 4.90 Å². The monoisotopic (exact) mass is 381 g/mol. The molecule has 8 heteroatoms. The Bertz CT molecular complexity index is 827. The first-order valence-corrected chi connectivity index (χ1v) is 10.6. The normalized spacial score (nSPS) is 16.2. The second kappa shape index (κ2) is 7.92. The molecule has 1 fully saturated rings. The van der Waals surface area contributed by atoms with Gasteiger partial charge in [-0.1, -0.05) is 12.1 Å². The molecule has 3 rings (SSSR count). The molecule has 1 aliphatic heterocycles.